The molecule has 1 aromatic heterocycles. The van der Waals surface area contributed by atoms with Crippen LogP contribution in [0.3, 0.4) is 0 Å². The Morgan fingerprint density at radius 3 is 2.29 bits per heavy atom. The molecular weight excluding hydrogens is 464 g/mol. The summed E-state index contributed by atoms with van der Waals surface area (Å²) < 4.78 is 38.1. The van der Waals surface area contributed by atoms with E-state index in [0.717, 1.165) is 35.7 Å². The van der Waals surface area contributed by atoms with Crippen LogP contribution in [0.1, 0.15) is 44.6 Å². The Balaban J connectivity index is 1.83. The number of hydrogen-bond acceptors (Lipinski definition) is 5. The number of hydrogen-bond donors (Lipinski definition) is 0. The van der Waals surface area contributed by atoms with Gasteiger partial charge in [0.1, 0.15) is 22.0 Å². The summed E-state index contributed by atoms with van der Waals surface area (Å²) in [6, 6.07) is 22.5. The molecule has 1 heterocycles. The van der Waals surface area contributed by atoms with Crippen LogP contribution in [0.2, 0.25) is 0 Å². The third-order valence-electron chi connectivity index (χ3n) is 6.13. The standard InChI is InChI=1S/C28H34O4S2/c1-22(20-24-18-17-23(2)32-24)12-11-19-28(3,34(29,30)26-15-9-6-10-16-26)27(31-4)21-33-25-13-7-5-8-14-25/h5-10,13-18,21-22H,11-12,19-20H2,1-4H3/b27-21-. The van der Waals surface area contributed by atoms with E-state index < -0.39 is 14.6 Å². The lowest BCUT2D eigenvalue weighted by Gasteiger charge is -2.31. The molecule has 2 aromatic carbocycles. The second-order valence-corrected chi connectivity index (χ2v) is 12.2. The van der Waals surface area contributed by atoms with E-state index in [2.05, 4.69) is 6.92 Å². The van der Waals surface area contributed by atoms with Gasteiger partial charge in [-0.15, -0.1) is 0 Å². The van der Waals surface area contributed by atoms with E-state index in [-0.39, 0.29) is 0 Å². The van der Waals surface area contributed by atoms with Crippen LogP contribution < -0.4 is 0 Å². The maximum Gasteiger partial charge on any atom is 0.191 e. The third kappa shape index (κ3) is 6.36. The Kier molecular flexibility index (Phi) is 9.09. The van der Waals surface area contributed by atoms with Crippen molar-refractivity contribution in [2.75, 3.05) is 7.11 Å². The predicted molar refractivity (Wildman–Crippen MR) is 140 cm³/mol. The Hall–Kier alpha value is -2.44. The van der Waals surface area contributed by atoms with Gasteiger partial charge in [-0.3, -0.25) is 0 Å². The van der Waals surface area contributed by atoms with Crippen molar-refractivity contribution in [3.05, 3.63) is 95.5 Å². The molecule has 0 N–H and O–H groups in total. The zero-order valence-electron chi connectivity index (χ0n) is 20.4. The average molecular weight is 499 g/mol. The molecule has 6 heteroatoms. The summed E-state index contributed by atoms with van der Waals surface area (Å²) in [5.74, 6) is 2.72. The highest BCUT2D eigenvalue weighted by Crippen LogP contribution is 2.39. The molecule has 0 aliphatic carbocycles. The summed E-state index contributed by atoms with van der Waals surface area (Å²) in [4.78, 5) is 1.34. The molecule has 0 saturated heterocycles. The minimum Gasteiger partial charge on any atom is -0.499 e. The zero-order valence-corrected chi connectivity index (χ0v) is 22.0. The summed E-state index contributed by atoms with van der Waals surface area (Å²) in [5.41, 5.74) is 0. The van der Waals surface area contributed by atoms with Gasteiger partial charge in [-0.1, -0.05) is 67.9 Å². The van der Waals surface area contributed by atoms with E-state index in [1.807, 2.05) is 60.9 Å². The zero-order chi connectivity index (χ0) is 24.6. The smallest absolute Gasteiger partial charge is 0.191 e. The molecule has 4 nitrogen and oxygen atoms in total. The summed E-state index contributed by atoms with van der Waals surface area (Å²) in [6.45, 7) is 5.91. The Morgan fingerprint density at radius 1 is 1.06 bits per heavy atom. The summed E-state index contributed by atoms with van der Waals surface area (Å²) in [5, 5.41) is 1.84. The van der Waals surface area contributed by atoms with Gasteiger partial charge in [-0.25, -0.2) is 8.42 Å². The van der Waals surface area contributed by atoms with Gasteiger partial charge < -0.3 is 9.15 Å². The largest absolute Gasteiger partial charge is 0.499 e. The van der Waals surface area contributed by atoms with E-state index in [1.54, 1.807) is 38.3 Å². The third-order valence-corrected chi connectivity index (χ3v) is 9.49. The number of sulfone groups is 1. The molecule has 0 saturated carbocycles. The highest BCUT2D eigenvalue weighted by atomic mass is 32.2. The van der Waals surface area contributed by atoms with Crippen molar-refractivity contribution < 1.29 is 17.6 Å². The molecule has 0 spiro atoms. The number of thioether (sulfide) groups is 1. The van der Waals surface area contributed by atoms with Crippen LogP contribution in [0.15, 0.2) is 98.2 Å². The van der Waals surface area contributed by atoms with Gasteiger partial charge in [0.05, 0.1) is 12.0 Å². The summed E-state index contributed by atoms with van der Waals surface area (Å²) >= 11 is 1.47. The van der Waals surface area contributed by atoms with Crippen molar-refractivity contribution >= 4 is 21.6 Å². The first-order chi connectivity index (χ1) is 16.3. The number of rotatable bonds is 12. The van der Waals surface area contributed by atoms with Crippen LogP contribution in [-0.2, 0) is 21.0 Å². The topological polar surface area (TPSA) is 56.5 Å². The molecule has 0 aliphatic rings. The second-order valence-electron chi connectivity index (χ2n) is 8.88. The fourth-order valence-electron chi connectivity index (χ4n) is 4.09. The van der Waals surface area contributed by atoms with Gasteiger partial charge in [-0.2, -0.15) is 0 Å². The fraction of sp³-hybridized carbons (Fsp3) is 0.357. The quantitative estimate of drug-likeness (QED) is 0.192. The van der Waals surface area contributed by atoms with Crippen molar-refractivity contribution in [1.29, 1.82) is 0 Å². The Labute approximate surface area is 208 Å². The highest BCUT2D eigenvalue weighted by Gasteiger charge is 2.44. The van der Waals surface area contributed by atoms with Crippen molar-refractivity contribution in [1.82, 2.24) is 0 Å². The van der Waals surface area contributed by atoms with E-state index in [9.17, 15) is 8.42 Å². The maximum absolute atomic E-state index is 13.9. The molecule has 3 aromatic rings. The number of ether oxygens (including phenoxy) is 1. The molecule has 0 fully saturated rings. The van der Waals surface area contributed by atoms with Crippen molar-refractivity contribution in [2.45, 2.75) is 61.0 Å². The van der Waals surface area contributed by atoms with Crippen molar-refractivity contribution in [2.24, 2.45) is 5.92 Å². The molecule has 0 amide bonds. The minimum absolute atomic E-state index is 0.310. The number of methoxy groups -OCH3 is 1. The van der Waals surface area contributed by atoms with Gasteiger partial charge in [0.25, 0.3) is 0 Å². The van der Waals surface area contributed by atoms with Gasteiger partial charge in [0.2, 0.25) is 0 Å². The molecule has 0 radical (unpaired) electrons. The molecule has 2 unspecified atom stereocenters. The van der Waals surface area contributed by atoms with Crippen LogP contribution in [0, 0.1) is 12.8 Å². The molecule has 34 heavy (non-hydrogen) atoms. The van der Waals surface area contributed by atoms with Crippen LogP contribution in [0.5, 0.6) is 0 Å². The van der Waals surface area contributed by atoms with Gasteiger partial charge in [-0.05, 0) is 62.6 Å². The molecule has 0 bridgehead atoms. The SMILES string of the molecule is CO/C(=C\Sc1ccccc1)C(C)(CCCC(C)Cc1ccc(C)o1)S(=O)(=O)c1ccccc1. The maximum atomic E-state index is 13.9. The first-order valence-corrected chi connectivity index (χ1v) is 13.9. The monoisotopic (exact) mass is 498 g/mol. The van der Waals surface area contributed by atoms with Crippen molar-refractivity contribution in [3.63, 3.8) is 0 Å². The van der Waals surface area contributed by atoms with Crippen LogP contribution >= 0.6 is 11.8 Å². The highest BCUT2D eigenvalue weighted by molar-refractivity contribution is 8.02. The lowest BCUT2D eigenvalue weighted by atomic mass is 9.94. The Morgan fingerprint density at radius 2 is 1.71 bits per heavy atom. The average Bonchev–Trinajstić information content (AvgIpc) is 3.24. The van der Waals surface area contributed by atoms with Crippen molar-refractivity contribution in [3.8, 4) is 0 Å². The first kappa shape index (κ1) is 26.2. The molecule has 3 rings (SSSR count). The molecular formula is C28H34O4S2. The lowest BCUT2D eigenvalue weighted by Crippen LogP contribution is -2.38. The number of aryl methyl sites for hydroxylation is 1. The summed E-state index contributed by atoms with van der Waals surface area (Å²) in [6.07, 6.45) is 2.94. The fourth-order valence-corrected chi connectivity index (χ4v) is 6.93. The number of benzene rings is 2. The van der Waals surface area contributed by atoms with E-state index in [4.69, 9.17) is 9.15 Å². The number of furan rings is 1. The van der Waals surface area contributed by atoms with E-state index in [0.29, 0.717) is 23.0 Å². The molecule has 0 aliphatic heterocycles. The first-order valence-electron chi connectivity index (χ1n) is 11.6. The van der Waals surface area contributed by atoms with E-state index in [1.165, 1.54) is 11.8 Å². The van der Waals surface area contributed by atoms with Gasteiger partial charge in [0, 0.05) is 16.7 Å². The summed E-state index contributed by atoms with van der Waals surface area (Å²) in [7, 11) is -2.14. The second kappa shape index (κ2) is 11.8. The van der Waals surface area contributed by atoms with Crippen LogP contribution in [-0.4, -0.2) is 20.3 Å². The normalized spacial score (nSPS) is 15.0. The predicted octanol–water partition coefficient (Wildman–Crippen LogP) is 7.45. The van der Waals surface area contributed by atoms with Gasteiger partial charge in [0.15, 0.2) is 9.84 Å². The van der Waals surface area contributed by atoms with Crippen LogP contribution in [0.25, 0.3) is 0 Å². The minimum atomic E-state index is -3.69. The van der Waals surface area contributed by atoms with Gasteiger partial charge >= 0.3 is 0 Å². The van der Waals surface area contributed by atoms with E-state index >= 15 is 0 Å². The Bertz CT molecular complexity index is 1170. The molecule has 182 valence electrons. The lowest BCUT2D eigenvalue weighted by molar-refractivity contribution is 0.248. The van der Waals surface area contributed by atoms with Crippen LogP contribution in [0.4, 0.5) is 0 Å². The molecule has 2 atom stereocenters.